The van der Waals surface area contributed by atoms with Crippen LogP contribution in [0.15, 0.2) is 42.7 Å². The standard InChI is InChI=1S/C24H28N6O/c1-16(2)14-30-21-13-25-11-9-20(21)28-24(30)17-10-12-29(15-17)23(31)8-7-22-26-18-5-3-4-6-19(18)27-22/h3-6,9,11,13,16-17H,7-8,10,12,14-15H2,1-2H3,(H,26,27). The number of likely N-dealkylation sites (tertiary alicyclic amines) is 1. The third-order valence-electron chi connectivity index (χ3n) is 6.05. The molecule has 0 bridgehead atoms. The average Bonchev–Trinajstić information content (AvgIpc) is 3.48. The monoisotopic (exact) mass is 416 g/mol. The van der Waals surface area contributed by atoms with Gasteiger partial charge in [0.25, 0.3) is 0 Å². The van der Waals surface area contributed by atoms with Crippen molar-refractivity contribution in [1.29, 1.82) is 0 Å². The van der Waals surface area contributed by atoms with Gasteiger partial charge in [0, 0.05) is 44.6 Å². The third kappa shape index (κ3) is 3.92. The van der Waals surface area contributed by atoms with E-state index in [9.17, 15) is 4.79 Å². The number of aromatic nitrogens is 5. The maximum absolute atomic E-state index is 12.9. The number of imidazole rings is 2. The number of benzene rings is 1. The van der Waals surface area contributed by atoms with Gasteiger partial charge in [-0.05, 0) is 30.5 Å². The summed E-state index contributed by atoms with van der Waals surface area (Å²) >= 11 is 0. The maximum Gasteiger partial charge on any atom is 0.223 e. The van der Waals surface area contributed by atoms with Crippen LogP contribution in [0.25, 0.3) is 22.1 Å². The number of aromatic amines is 1. The molecule has 1 unspecified atom stereocenters. The highest BCUT2D eigenvalue weighted by molar-refractivity contribution is 5.78. The largest absolute Gasteiger partial charge is 0.342 e. The highest BCUT2D eigenvalue weighted by atomic mass is 16.2. The van der Waals surface area contributed by atoms with Crippen molar-refractivity contribution in [2.24, 2.45) is 5.92 Å². The molecule has 4 heterocycles. The zero-order chi connectivity index (χ0) is 21.4. The summed E-state index contributed by atoms with van der Waals surface area (Å²) in [5, 5.41) is 0. The van der Waals surface area contributed by atoms with Gasteiger partial charge < -0.3 is 14.5 Å². The van der Waals surface area contributed by atoms with Gasteiger partial charge in [-0.3, -0.25) is 9.78 Å². The van der Waals surface area contributed by atoms with E-state index in [4.69, 9.17) is 4.98 Å². The molecule has 0 radical (unpaired) electrons. The van der Waals surface area contributed by atoms with Crippen molar-refractivity contribution in [2.75, 3.05) is 13.1 Å². The fraction of sp³-hybridized carbons (Fsp3) is 0.417. The highest BCUT2D eigenvalue weighted by Gasteiger charge is 2.31. The summed E-state index contributed by atoms with van der Waals surface area (Å²) in [6, 6.07) is 9.94. The smallest absolute Gasteiger partial charge is 0.223 e. The molecule has 0 spiro atoms. The number of hydrogen-bond donors (Lipinski definition) is 1. The number of rotatable bonds is 6. The molecule has 1 aliphatic rings. The molecule has 1 aromatic carbocycles. The summed E-state index contributed by atoms with van der Waals surface area (Å²) in [7, 11) is 0. The zero-order valence-electron chi connectivity index (χ0n) is 18.1. The predicted octanol–water partition coefficient (Wildman–Crippen LogP) is 3.91. The number of H-pyrrole nitrogens is 1. The normalized spacial score (nSPS) is 16.7. The number of para-hydroxylation sites is 2. The van der Waals surface area contributed by atoms with Gasteiger partial charge in [0.1, 0.15) is 11.6 Å². The molecular weight excluding hydrogens is 388 g/mol. The van der Waals surface area contributed by atoms with Gasteiger partial charge in [-0.1, -0.05) is 26.0 Å². The highest BCUT2D eigenvalue weighted by Crippen LogP contribution is 2.30. The molecule has 1 N–H and O–H groups in total. The van der Waals surface area contributed by atoms with Crippen molar-refractivity contribution in [2.45, 2.75) is 45.6 Å². The summed E-state index contributed by atoms with van der Waals surface area (Å²) in [5.41, 5.74) is 4.04. The Morgan fingerprint density at radius 1 is 1.19 bits per heavy atom. The molecule has 0 aliphatic carbocycles. The second-order valence-electron chi connectivity index (χ2n) is 8.86. The molecule has 1 aliphatic heterocycles. The second-order valence-corrected chi connectivity index (χ2v) is 8.86. The lowest BCUT2D eigenvalue weighted by molar-refractivity contribution is -0.130. The van der Waals surface area contributed by atoms with Crippen molar-refractivity contribution < 1.29 is 4.79 Å². The fourth-order valence-electron chi connectivity index (χ4n) is 4.56. The van der Waals surface area contributed by atoms with Crippen LogP contribution in [-0.2, 0) is 17.8 Å². The number of amides is 1. The van der Waals surface area contributed by atoms with Crippen molar-refractivity contribution in [1.82, 2.24) is 29.4 Å². The lowest BCUT2D eigenvalue weighted by Crippen LogP contribution is -2.29. The quantitative estimate of drug-likeness (QED) is 0.517. The first-order chi connectivity index (χ1) is 15.1. The van der Waals surface area contributed by atoms with E-state index in [2.05, 4.69) is 33.4 Å². The van der Waals surface area contributed by atoms with Crippen molar-refractivity contribution >= 4 is 28.0 Å². The molecule has 1 amide bonds. The molecule has 4 aromatic rings. The van der Waals surface area contributed by atoms with E-state index in [0.29, 0.717) is 18.8 Å². The molecule has 31 heavy (non-hydrogen) atoms. The topological polar surface area (TPSA) is 79.7 Å². The van der Waals surface area contributed by atoms with Gasteiger partial charge in [-0.25, -0.2) is 9.97 Å². The van der Waals surface area contributed by atoms with Gasteiger partial charge in [-0.15, -0.1) is 0 Å². The summed E-state index contributed by atoms with van der Waals surface area (Å²) in [4.78, 5) is 32.0. The summed E-state index contributed by atoms with van der Waals surface area (Å²) < 4.78 is 2.31. The van der Waals surface area contributed by atoms with Crippen molar-refractivity contribution in [3.05, 3.63) is 54.4 Å². The van der Waals surface area contributed by atoms with E-state index >= 15 is 0 Å². The molecule has 1 atom stereocenters. The average molecular weight is 417 g/mol. The molecule has 3 aromatic heterocycles. The molecule has 160 valence electrons. The van der Waals surface area contributed by atoms with Crippen LogP contribution >= 0.6 is 0 Å². The first-order valence-corrected chi connectivity index (χ1v) is 11.1. The van der Waals surface area contributed by atoms with E-state index in [-0.39, 0.29) is 11.8 Å². The number of carbonyl (C=O) groups excluding carboxylic acids is 1. The molecule has 7 nitrogen and oxygen atoms in total. The van der Waals surface area contributed by atoms with Crippen LogP contribution in [0.2, 0.25) is 0 Å². The SMILES string of the molecule is CC(C)Cn1c(C2CCN(C(=O)CCc3nc4ccccc4[nH]3)C2)nc2ccncc21. The van der Waals surface area contributed by atoms with Crippen LogP contribution in [0, 0.1) is 5.92 Å². The lowest BCUT2D eigenvalue weighted by atomic mass is 10.1. The number of nitrogens with zero attached hydrogens (tertiary/aromatic N) is 5. The molecule has 5 rings (SSSR count). The van der Waals surface area contributed by atoms with Crippen LogP contribution in [0.4, 0.5) is 0 Å². The predicted molar refractivity (Wildman–Crippen MR) is 121 cm³/mol. The van der Waals surface area contributed by atoms with Crippen molar-refractivity contribution in [3.63, 3.8) is 0 Å². The second kappa shape index (κ2) is 8.13. The minimum Gasteiger partial charge on any atom is -0.342 e. The summed E-state index contributed by atoms with van der Waals surface area (Å²) in [6.07, 6.45) is 5.75. The number of aryl methyl sites for hydroxylation is 1. The number of hydrogen-bond acceptors (Lipinski definition) is 4. The fourth-order valence-corrected chi connectivity index (χ4v) is 4.56. The lowest BCUT2D eigenvalue weighted by Gasteiger charge is -2.18. The molecule has 0 saturated carbocycles. The third-order valence-corrected chi connectivity index (χ3v) is 6.05. The number of fused-ring (bicyclic) bond motifs is 2. The van der Waals surface area contributed by atoms with Crippen LogP contribution in [0.3, 0.4) is 0 Å². The maximum atomic E-state index is 12.9. The Morgan fingerprint density at radius 2 is 2.06 bits per heavy atom. The van der Waals surface area contributed by atoms with Gasteiger partial charge in [-0.2, -0.15) is 0 Å². The number of pyridine rings is 1. The molecule has 1 fully saturated rings. The summed E-state index contributed by atoms with van der Waals surface area (Å²) in [5.74, 6) is 2.93. The van der Waals surface area contributed by atoms with E-state index in [0.717, 1.165) is 59.8 Å². The first kappa shape index (κ1) is 19.7. The molecule has 7 heteroatoms. The Kier molecular flexibility index (Phi) is 5.18. The first-order valence-electron chi connectivity index (χ1n) is 11.1. The Bertz CT molecular complexity index is 1190. The van der Waals surface area contributed by atoms with Crippen LogP contribution < -0.4 is 0 Å². The van der Waals surface area contributed by atoms with Crippen LogP contribution in [0.1, 0.15) is 44.3 Å². The van der Waals surface area contributed by atoms with E-state index in [1.807, 2.05) is 41.4 Å². The van der Waals surface area contributed by atoms with Crippen molar-refractivity contribution in [3.8, 4) is 0 Å². The minimum absolute atomic E-state index is 0.191. The zero-order valence-corrected chi connectivity index (χ0v) is 18.1. The van der Waals surface area contributed by atoms with Crippen LogP contribution in [-0.4, -0.2) is 48.4 Å². The van der Waals surface area contributed by atoms with Gasteiger partial charge in [0.15, 0.2) is 0 Å². The van der Waals surface area contributed by atoms with E-state index in [1.165, 1.54) is 0 Å². The molecular formula is C24H28N6O. The Labute approximate surface area is 181 Å². The van der Waals surface area contributed by atoms with Gasteiger partial charge in [0.2, 0.25) is 5.91 Å². The number of nitrogens with one attached hydrogen (secondary N) is 1. The van der Waals surface area contributed by atoms with Gasteiger partial charge in [0.05, 0.1) is 28.3 Å². The van der Waals surface area contributed by atoms with Gasteiger partial charge >= 0.3 is 0 Å². The Balaban J connectivity index is 1.28. The Morgan fingerprint density at radius 3 is 2.90 bits per heavy atom. The minimum atomic E-state index is 0.191. The molecule has 1 saturated heterocycles. The van der Waals surface area contributed by atoms with E-state index < -0.39 is 0 Å². The summed E-state index contributed by atoms with van der Waals surface area (Å²) in [6.45, 7) is 6.86. The Hall–Kier alpha value is -3.22. The number of carbonyl (C=O) groups is 1. The van der Waals surface area contributed by atoms with E-state index in [1.54, 1.807) is 6.20 Å². The van der Waals surface area contributed by atoms with Crippen LogP contribution in [0.5, 0.6) is 0 Å².